The molecule has 3 aromatic rings. The van der Waals surface area contributed by atoms with Crippen LogP contribution in [-0.4, -0.2) is 66.9 Å². The van der Waals surface area contributed by atoms with Crippen LogP contribution in [0, 0.1) is 0 Å². The molecule has 0 radical (unpaired) electrons. The fourth-order valence-corrected chi connectivity index (χ4v) is 5.57. The summed E-state index contributed by atoms with van der Waals surface area (Å²) in [7, 11) is -9.78. The van der Waals surface area contributed by atoms with Crippen molar-refractivity contribution in [2.45, 2.75) is 50.4 Å². The van der Waals surface area contributed by atoms with Gasteiger partial charge in [0.15, 0.2) is 0 Å². The van der Waals surface area contributed by atoms with Gasteiger partial charge < -0.3 is 46.9 Å². The minimum Gasteiger partial charge on any atom is -0.445 e. The Morgan fingerprint density at radius 2 is 1.32 bits per heavy atom. The van der Waals surface area contributed by atoms with Gasteiger partial charge in [-0.1, -0.05) is 36.4 Å². The van der Waals surface area contributed by atoms with E-state index in [1.807, 2.05) is 0 Å². The van der Waals surface area contributed by atoms with Crippen molar-refractivity contribution in [3.63, 3.8) is 0 Å². The third kappa shape index (κ3) is 14.6. The number of primary amides is 2. The molecule has 0 saturated carbocycles. The number of phosphoric ester groups is 2. The molecule has 3 atom stereocenters. The van der Waals surface area contributed by atoms with Gasteiger partial charge >= 0.3 is 21.7 Å². The van der Waals surface area contributed by atoms with Gasteiger partial charge in [0.2, 0.25) is 23.6 Å². The molecule has 5 amide bonds. The highest BCUT2D eigenvalue weighted by Gasteiger charge is 2.39. The maximum Gasteiger partial charge on any atom is 0.524 e. The standard InChI is InChI=1S/C31H38N6O14P2/c1-31(29(41)35-24(27(34)39)15-26(33)38,16-19-7-11-23(12-8-19)51-53(46,47)48)37-28(40)25(14-18-5-9-22(10-6-18)50-52(43,44)45)36-30(42)49-17-20-3-2-4-21(32)13-20/h2-13,24-25H,14-17,32H2,1H3,(H2,33,38)(H2,34,39)(H,35,41)(H,36,42)(H,37,40)(H2,43,44,45)(H2,46,47,48)/t24-,25-,31-/m0/s1. The van der Waals surface area contributed by atoms with E-state index < -0.39 is 69.4 Å². The summed E-state index contributed by atoms with van der Waals surface area (Å²) in [5.41, 5.74) is 16.0. The summed E-state index contributed by atoms with van der Waals surface area (Å²) in [6.07, 6.45) is -2.35. The van der Waals surface area contributed by atoms with E-state index in [0.29, 0.717) is 22.4 Å². The van der Waals surface area contributed by atoms with Crippen LogP contribution < -0.4 is 42.2 Å². The second-order valence-corrected chi connectivity index (χ2v) is 14.1. The molecule has 286 valence electrons. The molecule has 3 rings (SSSR count). The minimum atomic E-state index is -4.90. The van der Waals surface area contributed by atoms with Crippen molar-refractivity contribution in [3.05, 3.63) is 89.5 Å². The number of nitrogens with one attached hydrogen (secondary N) is 3. The molecule has 0 spiro atoms. The number of hydrogen-bond acceptors (Lipinski definition) is 11. The van der Waals surface area contributed by atoms with Gasteiger partial charge in [-0.3, -0.25) is 38.8 Å². The lowest BCUT2D eigenvalue weighted by molar-refractivity contribution is -0.136. The Hall–Kier alpha value is -5.49. The SMILES string of the molecule is C[C@@](Cc1ccc(OP(=O)(O)O)cc1)(NC(=O)[C@H](Cc1ccc(OP(=O)(O)O)cc1)NC(=O)OCc1cccc(N)c1)C(=O)N[C@@H](CC(N)=O)C(N)=O. The summed E-state index contributed by atoms with van der Waals surface area (Å²) in [5, 5.41) is 7.27. The van der Waals surface area contributed by atoms with Gasteiger partial charge in [0, 0.05) is 18.5 Å². The average Bonchev–Trinajstić information content (AvgIpc) is 3.03. The van der Waals surface area contributed by atoms with Crippen LogP contribution in [0.2, 0.25) is 0 Å². The second kappa shape index (κ2) is 17.8. The van der Waals surface area contributed by atoms with E-state index in [1.54, 1.807) is 24.3 Å². The number of carbonyl (C=O) groups excluding carboxylic acids is 5. The lowest BCUT2D eigenvalue weighted by Crippen LogP contribution is -2.64. The quantitative estimate of drug-likeness (QED) is 0.0600. The molecule has 22 heteroatoms. The van der Waals surface area contributed by atoms with Gasteiger partial charge in [0.1, 0.15) is 35.7 Å². The van der Waals surface area contributed by atoms with Gasteiger partial charge in [-0.2, -0.15) is 0 Å². The molecule has 53 heavy (non-hydrogen) atoms. The molecule has 3 aromatic carbocycles. The normalized spacial score (nSPS) is 13.7. The van der Waals surface area contributed by atoms with E-state index in [1.165, 1.54) is 55.5 Å². The van der Waals surface area contributed by atoms with Crippen LogP contribution in [0.5, 0.6) is 11.5 Å². The summed E-state index contributed by atoms with van der Waals surface area (Å²) in [6.45, 7) is 1.02. The van der Waals surface area contributed by atoms with E-state index in [0.717, 1.165) is 0 Å². The van der Waals surface area contributed by atoms with E-state index >= 15 is 0 Å². The predicted molar refractivity (Wildman–Crippen MR) is 185 cm³/mol. The van der Waals surface area contributed by atoms with Crippen LogP contribution in [-0.2, 0) is 52.5 Å². The Balaban J connectivity index is 1.95. The second-order valence-electron chi connectivity index (χ2n) is 11.8. The molecule has 0 aliphatic rings. The zero-order valence-electron chi connectivity index (χ0n) is 27.9. The number of benzene rings is 3. The van der Waals surface area contributed by atoms with Gasteiger partial charge in [0.25, 0.3) is 0 Å². The number of ether oxygens (including phenoxy) is 1. The first-order valence-electron chi connectivity index (χ1n) is 15.3. The molecule has 0 bridgehead atoms. The van der Waals surface area contributed by atoms with Crippen LogP contribution in [0.3, 0.4) is 0 Å². The minimum absolute atomic E-state index is 0.195. The monoisotopic (exact) mass is 780 g/mol. The number of carbonyl (C=O) groups is 5. The molecule has 0 aliphatic carbocycles. The fourth-order valence-electron chi connectivity index (χ4n) is 4.78. The smallest absolute Gasteiger partial charge is 0.445 e. The zero-order chi connectivity index (χ0) is 39.6. The number of anilines is 1. The lowest BCUT2D eigenvalue weighted by Gasteiger charge is -2.33. The largest absolute Gasteiger partial charge is 0.524 e. The Bertz CT molecular complexity index is 1900. The van der Waals surface area contributed by atoms with E-state index in [4.69, 9.17) is 41.5 Å². The van der Waals surface area contributed by atoms with Crippen LogP contribution in [0.25, 0.3) is 0 Å². The maximum absolute atomic E-state index is 14.0. The maximum atomic E-state index is 14.0. The number of nitrogens with two attached hydrogens (primary N) is 3. The third-order valence-electron chi connectivity index (χ3n) is 7.18. The van der Waals surface area contributed by atoms with Crippen LogP contribution >= 0.6 is 15.6 Å². The van der Waals surface area contributed by atoms with Crippen LogP contribution in [0.4, 0.5) is 10.5 Å². The Morgan fingerprint density at radius 3 is 1.81 bits per heavy atom. The fraction of sp³-hybridized carbons (Fsp3) is 0.258. The number of nitrogen functional groups attached to an aromatic ring is 1. The van der Waals surface area contributed by atoms with E-state index in [2.05, 4.69) is 25.0 Å². The van der Waals surface area contributed by atoms with Crippen molar-refractivity contribution in [2.75, 3.05) is 5.73 Å². The van der Waals surface area contributed by atoms with Crippen molar-refractivity contribution in [2.24, 2.45) is 11.5 Å². The number of alkyl carbamates (subject to hydrolysis) is 1. The summed E-state index contributed by atoms with van der Waals surface area (Å²) in [4.78, 5) is 101. The van der Waals surface area contributed by atoms with Crippen LogP contribution in [0.1, 0.15) is 30.0 Å². The Kier molecular flexibility index (Phi) is 14.1. The molecule has 13 N–H and O–H groups in total. The van der Waals surface area contributed by atoms with Crippen LogP contribution in [0.15, 0.2) is 72.8 Å². The third-order valence-corrected chi connectivity index (χ3v) is 8.07. The molecule has 0 fully saturated rings. The van der Waals surface area contributed by atoms with Gasteiger partial charge in [-0.15, -0.1) is 0 Å². The van der Waals surface area contributed by atoms with Gasteiger partial charge in [0.05, 0.1) is 6.42 Å². The average molecular weight is 781 g/mol. The highest BCUT2D eigenvalue weighted by Crippen LogP contribution is 2.38. The number of phosphoric acid groups is 2. The first-order chi connectivity index (χ1) is 24.6. The predicted octanol–water partition coefficient (Wildman–Crippen LogP) is 0.0124. The molecule has 0 heterocycles. The first-order valence-corrected chi connectivity index (χ1v) is 18.3. The molecule has 0 unspecified atom stereocenters. The molecule has 0 aromatic heterocycles. The molecule has 0 aliphatic heterocycles. The van der Waals surface area contributed by atoms with Crippen molar-refractivity contribution >= 4 is 51.1 Å². The molecular weight excluding hydrogens is 742 g/mol. The molecular formula is C31H38N6O14P2. The van der Waals surface area contributed by atoms with Crippen molar-refractivity contribution in [3.8, 4) is 11.5 Å². The van der Waals surface area contributed by atoms with E-state index in [9.17, 15) is 33.1 Å². The highest BCUT2D eigenvalue weighted by molar-refractivity contribution is 7.47. The van der Waals surface area contributed by atoms with Crippen molar-refractivity contribution in [1.29, 1.82) is 0 Å². The van der Waals surface area contributed by atoms with Gasteiger partial charge in [-0.25, -0.2) is 13.9 Å². The highest BCUT2D eigenvalue weighted by atomic mass is 31.2. The number of amides is 5. The van der Waals surface area contributed by atoms with Crippen molar-refractivity contribution < 1.29 is 66.5 Å². The number of rotatable bonds is 18. The van der Waals surface area contributed by atoms with Gasteiger partial charge in [-0.05, 0) is 60.0 Å². The topological polar surface area (TPSA) is 342 Å². The zero-order valence-corrected chi connectivity index (χ0v) is 29.7. The number of hydrogen-bond donors (Lipinski definition) is 10. The molecule has 0 saturated heterocycles. The molecule has 20 nitrogen and oxygen atoms in total. The first kappa shape index (κ1) is 41.9. The summed E-state index contributed by atoms with van der Waals surface area (Å²) < 4.78 is 36.8. The Morgan fingerprint density at radius 1 is 0.774 bits per heavy atom. The summed E-state index contributed by atoms with van der Waals surface area (Å²) in [5.74, 6) is -4.48. The lowest BCUT2D eigenvalue weighted by atomic mass is 9.90. The van der Waals surface area contributed by atoms with Crippen molar-refractivity contribution in [1.82, 2.24) is 16.0 Å². The van der Waals surface area contributed by atoms with E-state index in [-0.39, 0.29) is 30.9 Å². The summed E-state index contributed by atoms with van der Waals surface area (Å²) in [6, 6.07) is 13.6. The Labute approximate surface area is 301 Å². The summed E-state index contributed by atoms with van der Waals surface area (Å²) >= 11 is 0.